The van der Waals surface area contributed by atoms with Gasteiger partial charge < -0.3 is 5.11 Å². The lowest BCUT2D eigenvalue weighted by Crippen LogP contribution is -2.47. The van der Waals surface area contributed by atoms with E-state index in [0.717, 1.165) is 12.8 Å². The molecule has 1 rings (SSSR count). The van der Waals surface area contributed by atoms with Crippen molar-refractivity contribution in [3.63, 3.8) is 0 Å². The van der Waals surface area contributed by atoms with Crippen molar-refractivity contribution in [2.24, 2.45) is 11.3 Å². The Morgan fingerprint density at radius 2 is 1.67 bits per heavy atom. The maximum absolute atomic E-state index is 11.7. The molecule has 0 aromatic heterocycles. The number of nitrogens with one attached hydrogen (secondary N) is 1. The van der Waals surface area contributed by atoms with Crippen molar-refractivity contribution in [2.75, 3.05) is 12.3 Å². The van der Waals surface area contributed by atoms with E-state index in [0.29, 0.717) is 12.8 Å². The van der Waals surface area contributed by atoms with Crippen molar-refractivity contribution in [3.05, 3.63) is 0 Å². The first-order chi connectivity index (χ1) is 8.04. The van der Waals surface area contributed by atoms with Gasteiger partial charge in [0.25, 0.3) is 0 Å². The van der Waals surface area contributed by atoms with Gasteiger partial charge in [0.2, 0.25) is 10.0 Å². The SMILES string of the molecule is CC(C)CS(=O)(=O)NCC1(O)CCC(C)(C)CC1. The van der Waals surface area contributed by atoms with Gasteiger partial charge in [-0.2, -0.15) is 0 Å². The largest absolute Gasteiger partial charge is 0.389 e. The Morgan fingerprint density at radius 1 is 1.17 bits per heavy atom. The molecule has 2 N–H and O–H groups in total. The van der Waals surface area contributed by atoms with Crippen LogP contribution in [0.4, 0.5) is 0 Å². The summed E-state index contributed by atoms with van der Waals surface area (Å²) < 4.78 is 26.0. The molecule has 0 bridgehead atoms. The van der Waals surface area contributed by atoms with Crippen LogP contribution in [0.1, 0.15) is 53.4 Å². The van der Waals surface area contributed by atoms with Crippen LogP contribution in [0, 0.1) is 11.3 Å². The molecule has 0 heterocycles. The molecule has 0 atom stereocenters. The zero-order chi connectivity index (χ0) is 14.0. The monoisotopic (exact) mass is 277 g/mol. The van der Waals surface area contributed by atoms with Crippen LogP contribution in [-0.4, -0.2) is 31.4 Å². The van der Waals surface area contributed by atoms with Crippen LogP contribution < -0.4 is 4.72 Å². The van der Waals surface area contributed by atoms with Gasteiger partial charge in [-0.15, -0.1) is 0 Å². The Balaban J connectivity index is 2.49. The van der Waals surface area contributed by atoms with Gasteiger partial charge >= 0.3 is 0 Å². The minimum Gasteiger partial charge on any atom is -0.389 e. The third kappa shape index (κ3) is 5.24. The highest BCUT2D eigenvalue weighted by Crippen LogP contribution is 2.39. The first-order valence-corrected chi connectivity index (χ1v) is 8.39. The van der Waals surface area contributed by atoms with E-state index >= 15 is 0 Å². The number of aliphatic hydroxyl groups is 1. The minimum atomic E-state index is -3.26. The standard InChI is InChI=1S/C13H27NO3S/c1-11(2)9-18(16,17)14-10-13(15)7-5-12(3,4)6-8-13/h11,14-15H,5-10H2,1-4H3. The van der Waals surface area contributed by atoms with E-state index in [9.17, 15) is 13.5 Å². The minimum absolute atomic E-state index is 0.0995. The van der Waals surface area contributed by atoms with Crippen LogP contribution in [0.5, 0.6) is 0 Å². The molecule has 0 aromatic rings. The van der Waals surface area contributed by atoms with Gasteiger partial charge in [0.15, 0.2) is 0 Å². The molecule has 4 nitrogen and oxygen atoms in total. The molecular weight excluding hydrogens is 250 g/mol. The fraction of sp³-hybridized carbons (Fsp3) is 1.00. The first-order valence-electron chi connectivity index (χ1n) is 6.73. The summed E-state index contributed by atoms with van der Waals surface area (Å²) in [5.41, 5.74) is -0.595. The van der Waals surface area contributed by atoms with E-state index in [1.54, 1.807) is 0 Å². The summed E-state index contributed by atoms with van der Waals surface area (Å²) in [6.45, 7) is 8.28. The lowest BCUT2D eigenvalue weighted by atomic mass is 9.71. The predicted octanol–water partition coefficient (Wildman–Crippen LogP) is 1.89. The summed E-state index contributed by atoms with van der Waals surface area (Å²) in [5, 5.41) is 10.4. The molecule has 0 unspecified atom stereocenters. The Bertz CT molecular complexity index is 364. The van der Waals surface area contributed by atoms with Gasteiger partial charge in [0, 0.05) is 6.54 Å². The molecule has 1 fully saturated rings. The number of rotatable bonds is 5. The van der Waals surface area contributed by atoms with Crippen molar-refractivity contribution in [1.29, 1.82) is 0 Å². The Kier molecular flexibility index (Phi) is 4.84. The molecule has 5 heteroatoms. The smallest absolute Gasteiger partial charge is 0.211 e. The first kappa shape index (κ1) is 15.9. The second-order valence-corrected chi connectivity index (χ2v) is 8.74. The molecule has 0 saturated heterocycles. The lowest BCUT2D eigenvalue weighted by Gasteiger charge is -2.40. The fourth-order valence-electron chi connectivity index (χ4n) is 2.31. The Morgan fingerprint density at radius 3 is 2.11 bits per heavy atom. The summed E-state index contributed by atoms with van der Waals surface area (Å²) in [4.78, 5) is 0. The van der Waals surface area contributed by atoms with Crippen molar-refractivity contribution in [1.82, 2.24) is 4.72 Å². The van der Waals surface area contributed by atoms with Gasteiger partial charge in [0.1, 0.15) is 0 Å². The van der Waals surface area contributed by atoms with Gasteiger partial charge in [0.05, 0.1) is 11.4 Å². The van der Waals surface area contributed by atoms with Gasteiger partial charge in [-0.25, -0.2) is 13.1 Å². The van der Waals surface area contributed by atoms with Crippen molar-refractivity contribution in [2.45, 2.75) is 59.0 Å². The molecule has 0 aliphatic heterocycles. The molecule has 18 heavy (non-hydrogen) atoms. The van der Waals surface area contributed by atoms with Gasteiger partial charge in [-0.1, -0.05) is 27.7 Å². The predicted molar refractivity (Wildman–Crippen MR) is 73.8 cm³/mol. The average Bonchev–Trinajstić information content (AvgIpc) is 2.19. The number of hydrogen-bond donors (Lipinski definition) is 2. The lowest BCUT2D eigenvalue weighted by molar-refractivity contribution is -0.0205. The van der Waals surface area contributed by atoms with E-state index in [1.807, 2.05) is 13.8 Å². The number of hydrogen-bond acceptors (Lipinski definition) is 3. The number of sulfonamides is 1. The van der Waals surface area contributed by atoms with Crippen LogP contribution in [-0.2, 0) is 10.0 Å². The van der Waals surface area contributed by atoms with Crippen LogP contribution >= 0.6 is 0 Å². The second kappa shape index (κ2) is 5.47. The van der Waals surface area contributed by atoms with E-state index in [1.165, 1.54) is 0 Å². The Labute approximate surface area is 111 Å². The van der Waals surface area contributed by atoms with Crippen molar-refractivity contribution < 1.29 is 13.5 Å². The zero-order valence-electron chi connectivity index (χ0n) is 12.0. The van der Waals surface area contributed by atoms with Crippen LogP contribution in [0.2, 0.25) is 0 Å². The molecule has 1 aliphatic rings. The van der Waals surface area contributed by atoms with E-state index < -0.39 is 15.6 Å². The molecule has 0 spiro atoms. The molecule has 0 amide bonds. The summed E-state index contributed by atoms with van der Waals surface area (Å²) >= 11 is 0. The zero-order valence-corrected chi connectivity index (χ0v) is 12.8. The summed E-state index contributed by atoms with van der Waals surface area (Å²) in [6.07, 6.45) is 3.22. The molecule has 108 valence electrons. The van der Waals surface area contributed by atoms with Crippen LogP contribution in [0.3, 0.4) is 0 Å². The molecule has 0 aromatic carbocycles. The maximum atomic E-state index is 11.7. The average molecular weight is 277 g/mol. The van der Waals surface area contributed by atoms with Gasteiger partial charge in [-0.05, 0) is 37.0 Å². The molecular formula is C13H27NO3S. The van der Waals surface area contributed by atoms with E-state index in [4.69, 9.17) is 0 Å². The van der Waals surface area contributed by atoms with Crippen molar-refractivity contribution in [3.8, 4) is 0 Å². The third-order valence-electron chi connectivity index (χ3n) is 3.71. The van der Waals surface area contributed by atoms with Crippen LogP contribution in [0.25, 0.3) is 0 Å². The molecule has 1 saturated carbocycles. The molecule has 0 radical (unpaired) electrons. The topological polar surface area (TPSA) is 66.4 Å². The molecule has 1 aliphatic carbocycles. The quantitative estimate of drug-likeness (QED) is 0.806. The highest BCUT2D eigenvalue weighted by molar-refractivity contribution is 7.89. The van der Waals surface area contributed by atoms with Crippen molar-refractivity contribution >= 4 is 10.0 Å². The fourth-order valence-corrected chi connectivity index (χ4v) is 3.80. The van der Waals surface area contributed by atoms with E-state index in [2.05, 4.69) is 18.6 Å². The third-order valence-corrected chi connectivity index (χ3v) is 5.40. The Hall–Kier alpha value is -0.130. The highest BCUT2D eigenvalue weighted by atomic mass is 32.2. The highest BCUT2D eigenvalue weighted by Gasteiger charge is 2.37. The summed E-state index contributed by atoms with van der Waals surface area (Å²) in [6, 6.07) is 0. The summed E-state index contributed by atoms with van der Waals surface area (Å²) in [7, 11) is -3.26. The van der Waals surface area contributed by atoms with Crippen LogP contribution in [0.15, 0.2) is 0 Å². The normalized spacial score (nSPS) is 23.2. The second-order valence-electron chi connectivity index (χ2n) is 6.88. The van der Waals surface area contributed by atoms with E-state index in [-0.39, 0.29) is 23.6 Å². The summed E-state index contributed by atoms with van der Waals surface area (Å²) in [5.74, 6) is 0.219. The van der Waals surface area contributed by atoms with Gasteiger partial charge in [-0.3, -0.25) is 0 Å². The maximum Gasteiger partial charge on any atom is 0.211 e.